The van der Waals surface area contributed by atoms with Crippen molar-refractivity contribution in [2.24, 2.45) is 0 Å². The monoisotopic (exact) mass is 571 g/mol. The van der Waals surface area contributed by atoms with Crippen molar-refractivity contribution in [3.8, 4) is 11.1 Å². The van der Waals surface area contributed by atoms with E-state index < -0.39 is 0 Å². The van der Waals surface area contributed by atoms with Gasteiger partial charge in [-0.05, 0) is 25.3 Å². The molecule has 0 radical (unpaired) electrons. The van der Waals surface area contributed by atoms with E-state index in [-0.39, 0.29) is 24.8 Å². The summed E-state index contributed by atoms with van der Waals surface area (Å²) in [4.78, 5) is 0. The van der Waals surface area contributed by atoms with Crippen LogP contribution < -0.4 is 0 Å². The molecule has 0 atom stereocenters. The van der Waals surface area contributed by atoms with Gasteiger partial charge in [-0.2, -0.15) is 0 Å². The van der Waals surface area contributed by atoms with Gasteiger partial charge in [-0.1, -0.05) is 53.1 Å². The van der Waals surface area contributed by atoms with E-state index in [1.165, 1.54) is 77.5 Å². The van der Waals surface area contributed by atoms with E-state index in [1.54, 1.807) is 0 Å². The van der Waals surface area contributed by atoms with Gasteiger partial charge in [-0.15, -0.1) is 59.7 Å². The molecule has 0 amide bonds. The molecule has 3 heteroatoms. The molecule has 174 valence electrons. The van der Waals surface area contributed by atoms with Crippen molar-refractivity contribution in [1.82, 2.24) is 0 Å². The second kappa shape index (κ2) is 12.6. The Balaban J connectivity index is 0.000000193. The zero-order valence-electron chi connectivity index (χ0n) is 19.6. The first kappa shape index (κ1) is 27.3. The van der Waals surface area contributed by atoms with Crippen LogP contribution in [0, 0.1) is 6.07 Å². The van der Waals surface area contributed by atoms with E-state index in [0.717, 1.165) is 12.8 Å². The number of halogens is 2. The van der Waals surface area contributed by atoms with Crippen LogP contribution in [0.5, 0.6) is 0 Å². The molecular formula is C32H27Cl2Zr-. The predicted molar refractivity (Wildman–Crippen MR) is 150 cm³/mol. The van der Waals surface area contributed by atoms with Crippen LogP contribution in [0.2, 0.25) is 0 Å². The standard InChI is InChI=1S/C19H15.C13H10.2ClH.Zr/c1-13-5-4-8-17(13)15-9-10-19-16(12-15)11-14-6-2-3-7-18(14)19;1-3-7-12(8-4-1)11-13-9-5-2-6-10-13;;;/h2-7,9-10H,8,11H2,1H3;1-10H;2*1H;/q-1;;;;. The molecule has 6 rings (SSSR count). The molecule has 0 aromatic heterocycles. The fraction of sp³-hybridized carbons (Fsp3) is 0.0938. The third kappa shape index (κ3) is 6.10. The van der Waals surface area contributed by atoms with Gasteiger partial charge in [0.15, 0.2) is 0 Å². The van der Waals surface area contributed by atoms with Gasteiger partial charge in [0, 0.05) is 0 Å². The summed E-state index contributed by atoms with van der Waals surface area (Å²) in [5.41, 5.74) is 12.3. The zero-order chi connectivity index (χ0) is 22.6. The summed E-state index contributed by atoms with van der Waals surface area (Å²) in [7, 11) is 0. The van der Waals surface area contributed by atoms with Crippen molar-refractivity contribution in [3.63, 3.8) is 0 Å². The van der Waals surface area contributed by atoms with E-state index in [4.69, 9.17) is 0 Å². The van der Waals surface area contributed by atoms with Gasteiger partial charge in [0.2, 0.25) is 0 Å². The number of allylic oxidation sites excluding steroid dienone is 4. The Kier molecular flexibility index (Phi) is 9.82. The van der Waals surface area contributed by atoms with Gasteiger partial charge >= 0.3 is 99.2 Å². The van der Waals surface area contributed by atoms with Crippen LogP contribution in [0.3, 0.4) is 0 Å². The summed E-state index contributed by atoms with van der Waals surface area (Å²) in [6, 6.07) is 37.9. The van der Waals surface area contributed by atoms with Gasteiger partial charge in [-0.25, -0.2) is 0 Å². The van der Waals surface area contributed by atoms with Gasteiger partial charge in [0.25, 0.3) is 0 Å². The van der Waals surface area contributed by atoms with Crippen LogP contribution in [0.4, 0.5) is 0 Å². The van der Waals surface area contributed by atoms with Gasteiger partial charge in [0.05, 0.1) is 0 Å². The molecule has 0 bridgehead atoms. The predicted octanol–water partition coefficient (Wildman–Crippen LogP) is 8.44. The molecule has 4 aromatic carbocycles. The van der Waals surface area contributed by atoms with Crippen molar-refractivity contribution in [3.05, 3.63) is 149 Å². The van der Waals surface area contributed by atoms with Crippen LogP contribution in [0.25, 0.3) is 16.7 Å². The molecule has 2 aliphatic rings. The molecule has 0 saturated heterocycles. The molecule has 0 spiro atoms. The third-order valence-corrected chi connectivity index (χ3v) is 7.74. The minimum absolute atomic E-state index is 0. The average molecular weight is 574 g/mol. The Bertz CT molecular complexity index is 1330. The SMILES string of the molecule is CC1=C(c2[c-]c3c(cc2)-c2ccccc2C3)CC=C1.Cl.Cl.[Zr]=[C](c1ccccc1)c1ccccc1. The number of hydrogen-bond donors (Lipinski definition) is 0. The Labute approximate surface area is 236 Å². The number of rotatable bonds is 3. The average Bonchev–Trinajstić information content (AvgIpc) is 3.47. The van der Waals surface area contributed by atoms with Crippen molar-refractivity contribution in [1.29, 1.82) is 0 Å². The molecule has 0 nitrogen and oxygen atoms in total. The Morgan fingerprint density at radius 2 is 1.31 bits per heavy atom. The van der Waals surface area contributed by atoms with E-state index in [9.17, 15) is 0 Å². The second-order valence-corrected chi connectivity index (χ2v) is 9.70. The maximum absolute atomic E-state index is 3.65. The van der Waals surface area contributed by atoms with Crippen LogP contribution in [-0.2, 0) is 30.7 Å². The maximum atomic E-state index is 3.65. The molecule has 35 heavy (non-hydrogen) atoms. The first-order valence-electron chi connectivity index (χ1n) is 11.4. The number of fused-ring (bicyclic) bond motifs is 3. The van der Waals surface area contributed by atoms with Crippen LogP contribution in [0.15, 0.2) is 115 Å². The molecule has 0 aliphatic heterocycles. The molecule has 4 aromatic rings. The van der Waals surface area contributed by atoms with Gasteiger partial charge < -0.3 is 0 Å². The van der Waals surface area contributed by atoms with Crippen LogP contribution >= 0.6 is 24.8 Å². The summed E-state index contributed by atoms with van der Waals surface area (Å²) in [5.74, 6) is 0. The molecule has 0 fully saturated rings. The molecular weight excluding hydrogens is 546 g/mol. The molecule has 0 heterocycles. The second-order valence-electron chi connectivity index (χ2n) is 8.47. The fourth-order valence-electron chi connectivity index (χ4n) is 4.55. The minimum atomic E-state index is 0. The van der Waals surface area contributed by atoms with E-state index in [0.29, 0.717) is 0 Å². The summed E-state index contributed by atoms with van der Waals surface area (Å²) in [6.45, 7) is 2.19. The molecule has 0 saturated carbocycles. The quantitative estimate of drug-likeness (QED) is 0.190. The van der Waals surface area contributed by atoms with Crippen molar-refractivity contribution in [2.75, 3.05) is 0 Å². The Morgan fingerprint density at radius 3 is 1.91 bits per heavy atom. The van der Waals surface area contributed by atoms with E-state index >= 15 is 0 Å². The summed E-state index contributed by atoms with van der Waals surface area (Å²) >= 11 is 1.46. The molecule has 2 aliphatic carbocycles. The van der Waals surface area contributed by atoms with Crippen molar-refractivity contribution < 1.29 is 24.2 Å². The van der Waals surface area contributed by atoms with Crippen LogP contribution in [-0.4, -0.2) is 3.21 Å². The van der Waals surface area contributed by atoms with E-state index in [2.05, 4.69) is 122 Å². The summed E-state index contributed by atoms with van der Waals surface area (Å²) in [5, 5.41) is 0. The molecule has 0 N–H and O–H groups in total. The fourth-order valence-corrected chi connectivity index (χ4v) is 5.37. The van der Waals surface area contributed by atoms with Crippen LogP contribution in [0.1, 0.15) is 41.2 Å². The zero-order valence-corrected chi connectivity index (χ0v) is 23.7. The Hall–Kier alpha value is -2.31. The first-order chi connectivity index (χ1) is 16.2. The van der Waals surface area contributed by atoms with E-state index in [1.807, 2.05) is 0 Å². The normalized spacial score (nSPS) is 12.5. The van der Waals surface area contributed by atoms with Gasteiger partial charge in [0.1, 0.15) is 0 Å². The van der Waals surface area contributed by atoms with Crippen molar-refractivity contribution >= 4 is 33.6 Å². The first-order valence-corrected chi connectivity index (χ1v) is 12.6. The summed E-state index contributed by atoms with van der Waals surface area (Å²) in [6.07, 6.45) is 6.53. The summed E-state index contributed by atoms with van der Waals surface area (Å²) < 4.78 is 1.42. The Morgan fingerprint density at radius 1 is 0.714 bits per heavy atom. The third-order valence-electron chi connectivity index (χ3n) is 6.32. The van der Waals surface area contributed by atoms with Gasteiger partial charge in [-0.3, -0.25) is 0 Å². The van der Waals surface area contributed by atoms with Crippen molar-refractivity contribution in [2.45, 2.75) is 19.8 Å². The number of benzene rings is 4. The topological polar surface area (TPSA) is 0 Å². The number of hydrogen-bond acceptors (Lipinski definition) is 0. The molecule has 0 unspecified atom stereocenters.